The first-order valence-corrected chi connectivity index (χ1v) is 12.2. The van der Waals surface area contributed by atoms with Crippen LogP contribution in [0, 0.1) is 20.8 Å². The van der Waals surface area contributed by atoms with Crippen LogP contribution in [0.15, 0.2) is 47.3 Å². The molecule has 8 nitrogen and oxygen atoms in total. The predicted molar refractivity (Wildman–Crippen MR) is 135 cm³/mol. The molecule has 1 fully saturated rings. The van der Waals surface area contributed by atoms with Crippen molar-refractivity contribution in [3.63, 3.8) is 0 Å². The molecule has 0 unspecified atom stereocenters. The highest BCUT2D eigenvalue weighted by Gasteiger charge is 2.21. The van der Waals surface area contributed by atoms with Gasteiger partial charge >= 0.3 is 0 Å². The van der Waals surface area contributed by atoms with Crippen molar-refractivity contribution >= 4 is 10.9 Å². The summed E-state index contributed by atoms with van der Waals surface area (Å²) >= 11 is 0. The minimum atomic E-state index is -0.0599. The van der Waals surface area contributed by atoms with E-state index in [9.17, 15) is 4.79 Å². The highest BCUT2D eigenvalue weighted by atomic mass is 16.5. The number of aromatic nitrogens is 5. The van der Waals surface area contributed by atoms with Crippen LogP contribution in [0.5, 0.6) is 0 Å². The van der Waals surface area contributed by atoms with Gasteiger partial charge in [-0.05, 0) is 72.9 Å². The van der Waals surface area contributed by atoms with E-state index in [-0.39, 0.29) is 11.7 Å². The number of pyridine rings is 1. The number of aryl methyl sites for hydroxylation is 3. The Labute approximate surface area is 204 Å². The van der Waals surface area contributed by atoms with Crippen LogP contribution in [0.3, 0.4) is 0 Å². The summed E-state index contributed by atoms with van der Waals surface area (Å²) in [4.78, 5) is 18.4. The maximum Gasteiger partial charge on any atom is 0.252 e. The quantitative estimate of drug-likeness (QED) is 0.419. The van der Waals surface area contributed by atoms with Crippen molar-refractivity contribution in [2.24, 2.45) is 0 Å². The average molecular weight is 473 g/mol. The lowest BCUT2D eigenvalue weighted by Crippen LogP contribution is -2.29. The molecule has 5 rings (SSSR count). The number of ether oxygens (including phenoxy) is 1. The zero-order valence-corrected chi connectivity index (χ0v) is 20.6. The fraction of sp³-hybridized carbons (Fsp3) is 0.407. The molecule has 3 heterocycles. The average Bonchev–Trinajstić information content (AvgIpc) is 3.49. The Morgan fingerprint density at radius 2 is 1.89 bits per heavy atom. The normalized spacial score (nSPS) is 15.9. The summed E-state index contributed by atoms with van der Waals surface area (Å²) in [5.74, 6) is 0.775. The van der Waals surface area contributed by atoms with Gasteiger partial charge < -0.3 is 9.72 Å². The second-order valence-corrected chi connectivity index (χ2v) is 9.71. The highest BCUT2D eigenvalue weighted by molar-refractivity contribution is 5.83. The van der Waals surface area contributed by atoms with Crippen molar-refractivity contribution in [2.45, 2.75) is 65.9 Å². The van der Waals surface area contributed by atoms with E-state index in [4.69, 9.17) is 4.74 Å². The van der Waals surface area contributed by atoms with Crippen LogP contribution in [-0.2, 0) is 30.9 Å². The van der Waals surface area contributed by atoms with E-state index >= 15 is 0 Å². The Balaban J connectivity index is 1.44. The lowest BCUT2D eigenvalue weighted by atomic mass is 10.0. The molecule has 0 radical (unpaired) electrons. The fourth-order valence-corrected chi connectivity index (χ4v) is 4.85. The summed E-state index contributed by atoms with van der Waals surface area (Å²) in [6.45, 7) is 9.35. The van der Waals surface area contributed by atoms with Gasteiger partial charge in [0.25, 0.3) is 5.56 Å². The van der Waals surface area contributed by atoms with Crippen LogP contribution < -0.4 is 5.56 Å². The Morgan fingerprint density at radius 3 is 2.66 bits per heavy atom. The van der Waals surface area contributed by atoms with Gasteiger partial charge in [0, 0.05) is 36.2 Å². The van der Waals surface area contributed by atoms with Crippen LogP contribution in [-0.4, -0.2) is 42.8 Å². The number of hydrogen-bond donors (Lipinski definition) is 1. The zero-order chi connectivity index (χ0) is 24.4. The number of nitrogens with one attached hydrogen (secondary N) is 1. The van der Waals surface area contributed by atoms with Gasteiger partial charge in [-0.1, -0.05) is 35.9 Å². The third kappa shape index (κ3) is 5.49. The van der Waals surface area contributed by atoms with Gasteiger partial charge in [-0.2, -0.15) is 0 Å². The summed E-state index contributed by atoms with van der Waals surface area (Å²) in [7, 11) is 0. The first-order chi connectivity index (χ1) is 16.9. The molecule has 0 aliphatic carbocycles. The zero-order valence-electron chi connectivity index (χ0n) is 20.6. The number of nitrogens with zero attached hydrogens (tertiary/aromatic N) is 5. The standard InChI is InChI=1S/C27H32N6O2/c1-18-6-8-21(9-7-18)14-32(17-26-29-30-31-33(26)16-23-5-4-10-35-23)15-22-13-24-20(3)11-19(2)12-25(24)28-27(22)34/h6-9,11-13,23H,4-5,10,14-17H2,1-3H3,(H,28,34)/t23-/m1/s1. The number of benzene rings is 2. The molecule has 1 aliphatic rings. The van der Waals surface area contributed by atoms with Crippen molar-refractivity contribution in [3.8, 4) is 0 Å². The monoisotopic (exact) mass is 472 g/mol. The maximum absolute atomic E-state index is 13.0. The van der Waals surface area contributed by atoms with E-state index < -0.39 is 0 Å². The molecule has 1 N–H and O–H groups in total. The molecule has 2 aromatic carbocycles. The fourth-order valence-electron chi connectivity index (χ4n) is 4.85. The predicted octanol–water partition coefficient (Wildman–Crippen LogP) is 3.82. The number of H-pyrrole nitrogens is 1. The summed E-state index contributed by atoms with van der Waals surface area (Å²) in [5, 5.41) is 13.5. The first kappa shape index (κ1) is 23.4. The van der Waals surface area contributed by atoms with E-state index in [0.29, 0.717) is 26.2 Å². The second kappa shape index (κ2) is 10.1. The smallest absolute Gasteiger partial charge is 0.252 e. The van der Waals surface area contributed by atoms with Gasteiger partial charge in [0.05, 0.1) is 19.2 Å². The molecule has 1 aliphatic heterocycles. The molecule has 1 saturated heterocycles. The minimum Gasteiger partial charge on any atom is -0.376 e. The van der Waals surface area contributed by atoms with Gasteiger partial charge in [0.1, 0.15) is 0 Å². The van der Waals surface area contributed by atoms with Gasteiger partial charge in [0.15, 0.2) is 5.82 Å². The van der Waals surface area contributed by atoms with E-state index in [2.05, 4.69) is 69.6 Å². The van der Waals surface area contributed by atoms with Gasteiger partial charge in [0.2, 0.25) is 0 Å². The third-order valence-corrected chi connectivity index (χ3v) is 6.68. The molecule has 35 heavy (non-hydrogen) atoms. The number of tetrazole rings is 1. The van der Waals surface area contributed by atoms with Crippen LogP contribution >= 0.6 is 0 Å². The van der Waals surface area contributed by atoms with E-state index in [1.807, 2.05) is 23.7 Å². The van der Waals surface area contributed by atoms with Crippen molar-refractivity contribution in [1.82, 2.24) is 30.1 Å². The van der Waals surface area contributed by atoms with E-state index in [1.165, 1.54) is 11.1 Å². The molecule has 4 aromatic rings. The van der Waals surface area contributed by atoms with Crippen LogP contribution in [0.4, 0.5) is 0 Å². The highest BCUT2D eigenvalue weighted by Crippen LogP contribution is 2.20. The van der Waals surface area contributed by atoms with Gasteiger partial charge in [-0.3, -0.25) is 9.69 Å². The molecule has 182 valence electrons. The molecule has 1 atom stereocenters. The molecule has 2 aromatic heterocycles. The molecular formula is C27H32N6O2. The minimum absolute atomic E-state index is 0.0599. The van der Waals surface area contributed by atoms with Crippen molar-refractivity contribution < 1.29 is 4.74 Å². The first-order valence-electron chi connectivity index (χ1n) is 12.2. The second-order valence-electron chi connectivity index (χ2n) is 9.71. The van der Waals surface area contributed by atoms with Crippen LogP contribution in [0.1, 0.15) is 46.5 Å². The Morgan fingerprint density at radius 1 is 1.06 bits per heavy atom. The molecule has 8 heteroatoms. The Hall–Kier alpha value is -3.36. The number of aromatic amines is 1. The van der Waals surface area contributed by atoms with Gasteiger partial charge in [-0.15, -0.1) is 5.10 Å². The molecule has 0 saturated carbocycles. The number of hydrogen-bond acceptors (Lipinski definition) is 6. The van der Waals surface area contributed by atoms with Crippen molar-refractivity contribution in [1.29, 1.82) is 0 Å². The topological polar surface area (TPSA) is 88.9 Å². The largest absolute Gasteiger partial charge is 0.376 e. The number of fused-ring (bicyclic) bond motifs is 1. The molecule has 0 bridgehead atoms. The lowest BCUT2D eigenvalue weighted by Gasteiger charge is -2.22. The molecule has 0 amide bonds. The van der Waals surface area contributed by atoms with E-state index in [0.717, 1.165) is 52.9 Å². The summed E-state index contributed by atoms with van der Waals surface area (Å²) in [6.07, 6.45) is 2.25. The van der Waals surface area contributed by atoms with E-state index in [1.54, 1.807) is 0 Å². The van der Waals surface area contributed by atoms with Crippen molar-refractivity contribution in [2.75, 3.05) is 6.61 Å². The summed E-state index contributed by atoms with van der Waals surface area (Å²) < 4.78 is 7.63. The molecular weight excluding hydrogens is 440 g/mol. The SMILES string of the molecule is Cc1ccc(CN(Cc2cc3c(C)cc(C)cc3[nH]c2=O)Cc2nnnn2C[C@H]2CCCO2)cc1. The third-order valence-electron chi connectivity index (χ3n) is 6.68. The summed E-state index contributed by atoms with van der Waals surface area (Å²) in [6, 6.07) is 14.7. The van der Waals surface area contributed by atoms with Gasteiger partial charge in [-0.25, -0.2) is 4.68 Å². The lowest BCUT2D eigenvalue weighted by molar-refractivity contribution is 0.0914. The van der Waals surface area contributed by atoms with Crippen LogP contribution in [0.25, 0.3) is 10.9 Å². The van der Waals surface area contributed by atoms with Crippen LogP contribution in [0.2, 0.25) is 0 Å². The Bertz CT molecular complexity index is 1370. The van der Waals surface area contributed by atoms with Crippen molar-refractivity contribution in [3.05, 3.63) is 86.5 Å². The molecule has 0 spiro atoms. The number of rotatable bonds is 8. The summed E-state index contributed by atoms with van der Waals surface area (Å²) in [5.41, 5.74) is 6.24. The Kier molecular flexibility index (Phi) is 6.74. The maximum atomic E-state index is 13.0.